The molecule has 0 saturated heterocycles. The second-order valence-corrected chi connectivity index (χ2v) is 3.84. The molecule has 0 amide bonds. The molecule has 0 bridgehead atoms. The van der Waals surface area contributed by atoms with Crippen LogP contribution in [0.15, 0.2) is 11.3 Å². The van der Waals surface area contributed by atoms with Gasteiger partial charge in [0.25, 0.3) is 0 Å². The highest BCUT2D eigenvalue weighted by atomic mass is 16.5. The van der Waals surface area contributed by atoms with E-state index in [1.165, 1.54) is 0 Å². The third kappa shape index (κ3) is 1.54. The van der Waals surface area contributed by atoms with E-state index in [0.717, 1.165) is 0 Å². The van der Waals surface area contributed by atoms with Gasteiger partial charge in [-0.1, -0.05) is 0 Å². The Morgan fingerprint density at radius 2 is 2.33 bits per heavy atom. The van der Waals surface area contributed by atoms with Crippen molar-refractivity contribution in [2.24, 2.45) is 5.92 Å². The van der Waals surface area contributed by atoms with E-state index in [0.29, 0.717) is 30.8 Å². The van der Waals surface area contributed by atoms with Crippen molar-refractivity contribution < 1.29 is 19.1 Å². The number of rotatable bonds is 2. The van der Waals surface area contributed by atoms with Crippen LogP contribution in [0.5, 0.6) is 0 Å². The Kier molecular flexibility index (Phi) is 2.50. The second-order valence-electron chi connectivity index (χ2n) is 3.84. The molecule has 0 aromatic rings. The van der Waals surface area contributed by atoms with Gasteiger partial charge in [0, 0.05) is 12.3 Å². The quantitative estimate of drug-likeness (QED) is 0.643. The lowest BCUT2D eigenvalue weighted by Crippen LogP contribution is -2.22. The van der Waals surface area contributed by atoms with Crippen LogP contribution in [0.1, 0.15) is 26.7 Å². The Bertz CT molecular complexity index is 342. The molecule has 1 heterocycles. The lowest BCUT2D eigenvalue weighted by Gasteiger charge is -2.09. The summed E-state index contributed by atoms with van der Waals surface area (Å²) in [4.78, 5) is 23.1. The molecule has 2 atom stereocenters. The Labute approximate surface area is 88.2 Å². The van der Waals surface area contributed by atoms with Crippen LogP contribution in [0.3, 0.4) is 0 Å². The number of ketones is 1. The molecule has 0 spiro atoms. The van der Waals surface area contributed by atoms with Crippen molar-refractivity contribution in [3.63, 3.8) is 0 Å². The highest BCUT2D eigenvalue weighted by molar-refractivity contribution is 5.95. The number of hydrogen-bond donors (Lipinski definition) is 0. The van der Waals surface area contributed by atoms with Crippen LogP contribution in [0.25, 0.3) is 0 Å². The number of Topliss-reactive ketones (excluding diaryl/α,β-unsaturated/α-hetero) is 1. The molecule has 4 heteroatoms. The first-order chi connectivity index (χ1) is 7.15. The minimum Gasteiger partial charge on any atom is -0.486 e. The lowest BCUT2D eigenvalue weighted by atomic mass is 9.97. The van der Waals surface area contributed by atoms with Crippen LogP contribution in [-0.2, 0) is 19.1 Å². The second kappa shape index (κ2) is 3.68. The number of carbonyl (C=O) groups excluding carboxylic acids is 2. The van der Waals surface area contributed by atoms with Crippen LogP contribution in [0, 0.1) is 5.92 Å². The zero-order chi connectivity index (χ0) is 11.0. The van der Waals surface area contributed by atoms with Crippen LogP contribution < -0.4 is 0 Å². The molecule has 2 rings (SSSR count). The predicted octanol–water partition coefficient (Wildman–Crippen LogP) is 1.20. The average molecular weight is 210 g/mol. The summed E-state index contributed by atoms with van der Waals surface area (Å²) in [5.41, 5.74) is 0.563. The molecule has 82 valence electrons. The topological polar surface area (TPSA) is 52.6 Å². The van der Waals surface area contributed by atoms with E-state index in [1.54, 1.807) is 13.8 Å². The SMILES string of the molecule is CCOC(=O)C1=C(C)O[C@H]2C(=O)CC[C@@H]12. The molecular weight excluding hydrogens is 196 g/mol. The van der Waals surface area contributed by atoms with E-state index in [9.17, 15) is 9.59 Å². The standard InChI is InChI=1S/C11H14O4/c1-3-14-11(13)9-6(2)15-10-7(9)4-5-8(10)12/h7,10H,3-5H2,1-2H3/t7-,10+/m0/s1. The molecule has 0 radical (unpaired) electrons. The van der Waals surface area contributed by atoms with Gasteiger partial charge in [0.05, 0.1) is 12.2 Å². The number of esters is 1. The van der Waals surface area contributed by atoms with Gasteiger partial charge in [-0.3, -0.25) is 4.79 Å². The van der Waals surface area contributed by atoms with E-state index in [-0.39, 0.29) is 17.7 Å². The normalized spacial score (nSPS) is 29.1. The monoisotopic (exact) mass is 210 g/mol. The highest BCUT2D eigenvalue weighted by Gasteiger charge is 2.47. The maximum Gasteiger partial charge on any atom is 0.337 e. The number of fused-ring (bicyclic) bond motifs is 1. The van der Waals surface area contributed by atoms with Gasteiger partial charge >= 0.3 is 5.97 Å². The number of ether oxygens (including phenoxy) is 2. The Morgan fingerprint density at radius 1 is 1.60 bits per heavy atom. The fraction of sp³-hybridized carbons (Fsp3) is 0.636. The summed E-state index contributed by atoms with van der Waals surface area (Å²) >= 11 is 0. The molecule has 1 saturated carbocycles. The predicted molar refractivity (Wildman–Crippen MR) is 51.9 cm³/mol. The molecule has 1 aliphatic carbocycles. The minimum atomic E-state index is -0.426. The third-order valence-corrected chi connectivity index (χ3v) is 2.93. The van der Waals surface area contributed by atoms with Crippen LogP contribution in [0.2, 0.25) is 0 Å². The highest BCUT2D eigenvalue weighted by Crippen LogP contribution is 2.40. The van der Waals surface area contributed by atoms with Crippen molar-refractivity contribution in [1.82, 2.24) is 0 Å². The minimum absolute atomic E-state index is 0.0726. The largest absolute Gasteiger partial charge is 0.486 e. The molecule has 1 fully saturated rings. The Balaban J connectivity index is 2.21. The number of allylic oxidation sites excluding steroid dienone is 1. The van der Waals surface area contributed by atoms with Crippen LogP contribution in [0.4, 0.5) is 0 Å². The fourth-order valence-corrected chi connectivity index (χ4v) is 2.28. The first-order valence-electron chi connectivity index (χ1n) is 5.22. The van der Waals surface area contributed by atoms with Gasteiger partial charge in [-0.05, 0) is 20.3 Å². The van der Waals surface area contributed by atoms with Gasteiger partial charge in [-0.2, -0.15) is 0 Å². The fourth-order valence-electron chi connectivity index (χ4n) is 2.28. The summed E-state index contributed by atoms with van der Waals surface area (Å²) in [7, 11) is 0. The summed E-state index contributed by atoms with van der Waals surface area (Å²) in [5, 5.41) is 0. The van der Waals surface area contributed by atoms with E-state index in [2.05, 4.69) is 0 Å². The summed E-state index contributed by atoms with van der Waals surface area (Å²) in [6.45, 7) is 3.83. The summed E-state index contributed by atoms with van der Waals surface area (Å²) in [6.07, 6.45) is 0.782. The van der Waals surface area contributed by atoms with Gasteiger partial charge in [-0.25, -0.2) is 4.79 Å². The smallest absolute Gasteiger partial charge is 0.337 e. The zero-order valence-electron chi connectivity index (χ0n) is 8.91. The van der Waals surface area contributed by atoms with E-state index in [4.69, 9.17) is 9.47 Å². The maximum absolute atomic E-state index is 11.6. The van der Waals surface area contributed by atoms with Crippen molar-refractivity contribution in [1.29, 1.82) is 0 Å². The first kappa shape index (κ1) is 10.2. The zero-order valence-corrected chi connectivity index (χ0v) is 8.91. The number of carbonyl (C=O) groups is 2. The van der Waals surface area contributed by atoms with Crippen molar-refractivity contribution >= 4 is 11.8 Å². The van der Waals surface area contributed by atoms with E-state index in [1.807, 2.05) is 0 Å². The number of hydrogen-bond acceptors (Lipinski definition) is 4. The maximum atomic E-state index is 11.6. The summed E-state index contributed by atoms with van der Waals surface area (Å²) in [5.74, 6) is 0.240. The van der Waals surface area contributed by atoms with Crippen molar-refractivity contribution in [3.8, 4) is 0 Å². The van der Waals surface area contributed by atoms with Gasteiger partial charge in [-0.15, -0.1) is 0 Å². The summed E-state index contributed by atoms with van der Waals surface area (Å²) in [6, 6.07) is 0. The van der Waals surface area contributed by atoms with E-state index >= 15 is 0 Å². The molecule has 0 aromatic heterocycles. The average Bonchev–Trinajstić information content (AvgIpc) is 2.67. The molecule has 0 aromatic carbocycles. The van der Waals surface area contributed by atoms with Crippen molar-refractivity contribution in [2.75, 3.05) is 6.61 Å². The summed E-state index contributed by atoms with van der Waals surface area (Å²) < 4.78 is 10.4. The van der Waals surface area contributed by atoms with Gasteiger partial charge in [0.1, 0.15) is 5.76 Å². The Morgan fingerprint density at radius 3 is 3.00 bits per heavy atom. The van der Waals surface area contributed by atoms with Gasteiger partial charge in [0.2, 0.25) is 0 Å². The van der Waals surface area contributed by atoms with Gasteiger partial charge < -0.3 is 9.47 Å². The van der Waals surface area contributed by atoms with Crippen molar-refractivity contribution in [2.45, 2.75) is 32.8 Å². The third-order valence-electron chi connectivity index (χ3n) is 2.93. The van der Waals surface area contributed by atoms with Crippen molar-refractivity contribution in [3.05, 3.63) is 11.3 Å². The van der Waals surface area contributed by atoms with Crippen LogP contribution in [-0.4, -0.2) is 24.5 Å². The molecule has 1 aliphatic heterocycles. The Hall–Kier alpha value is -1.32. The molecule has 2 aliphatic rings. The molecule has 15 heavy (non-hydrogen) atoms. The first-order valence-corrected chi connectivity index (χ1v) is 5.22. The van der Waals surface area contributed by atoms with Crippen LogP contribution >= 0.6 is 0 Å². The molecule has 0 unspecified atom stereocenters. The lowest BCUT2D eigenvalue weighted by molar-refractivity contribution is -0.139. The molecule has 4 nitrogen and oxygen atoms in total. The van der Waals surface area contributed by atoms with E-state index < -0.39 is 6.10 Å². The van der Waals surface area contributed by atoms with Gasteiger partial charge in [0.15, 0.2) is 11.9 Å². The molecular formula is C11H14O4. The molecule has 0 N–H and O–H groups in total.